The first-order valence-corrected chi connectivity index (χ1v) is 3.60. The minimum absolute atomic E-state index is 0.174. The summed E-state index contributed by atoms with van der Waals surface area (Å²) >= 11 is 0. The van der Waals surface area contributed by atoms with Crippen molar-refractivity contribution < 1.29 is 9.53 Å². The number of primary amides is 1. The van der Waals surface area contributed by atoms with Crippen molar-refractivity contribution in [2.75, 3.05) is 13.7 Å². The van der Waals surface area contributed by atoms with Crippen LogP contribution in [0, 0.1) is 5.92 Å². The molecule has 0 rings (SSSR count). The second kappa shape index (κ2) is 5.09. The van der Waals surface area contributed by atoms with Gasteiger partial charge in [-0.2, -0.15) is 0 Å². The molecular formula is C7H16N2O2. The molecular weight excluding hydrogens is 144 g/mol. The lowest BCUT2D eigenvalue weighted by Crippen LogP contribution is -2.35. The molecule has 0 aliphatic rings. The maximum atomic E-state index is 10.4. The van der Waals surface area contributed by atoms with Gasteiger partial charge in [0.15, 0.2) is 0 Å². The van der Waals surface area contributed by atoms with E-state index in [4.69, 9.17) is 16.2 Å². The molecule has 0 spiro atoms. The van der Waals surface area contributed by atoms with Gasteiger partial charge >= 0.3 is 0 Å². The number of ether oxygens (including phenoxy) is 1. The molecule has 4 N–H and O–H groups in total. The van der Waals surface area contributed by atoms with Gasteiger partial charge in [0, 0.05) is 19.6 Å². The second-order valence-corrected chi connectivity index (χ2v) is 2.77. The van der Waals surface area contributed by atoms with Gasteiger partial charge in [0.05, 0.1) is 6.61 Å². The Labute approximate surface area is 66.9 Å². The van der Waals surface area contributed by atoms with Crippen molar-refractivity contribution in [1.29, 1.82) is 0 Å². The summed E-state index contributed by atoms with van der Waals surface area (Å²) < 4.78 is 4.87. The molecule has 1 amide bonds. The lowest BCUT2D eigenvalue weighted by Gasteiger charge is -2.16. The van der Waals surface area contributed by atoms with Crippen LogP contribution >= 0.6 is 0 Å². The third-order valence-electron chi connectivity index (χ3n) is 1.60. The van der Waals surface area contributed by atoms with Crippen LogP contribution in [0.2, 0.25) is 0 Å². The Morgan fingerprint density at radius 3 is 2.55 bits per heavy atom. The maximum absolute atomic E-state index is 10.4. The highest BCUT2D eigenvalue weighted by Gasteiger charge is 2.14. The molecule has 0 saturated heterocycles. The standard InChI is InChI=1S/C7H16N2O2/c1-5(4-11-2)6(8)3-7(9)10/h5-6H,3-4,8H2,1-2H3,(H2,9,10). The van der Waals surface area contributed by atoms with E-state index < -0.39 is 0 Å². The molecule has 0 aromatic carbocycles. The van der Waals surface area contributed by atoms with Gasteiger partial charge in [0.2, 0.25) is 5.91 Å². The van der Waals surface area contributed by atoms with Crippen molar-refractivity contribution >= 4 is 5.91 Å². The average Bonchev–Trinajstić information content (AvgIpc) is 1.86. The van der Waals surface area contributed by atoms with E-state index in [1.165, 1.54) is 0 Å². The van der Waals surface area contributed by atoms with Gasteiger partial charge in [-0.1, -0.05) is 6.92 Å². The summed E-state index contributed by atoms with van der Waals surface area (Å²) in [4.78, 5) is 10.4. The monoisotopic (exact) mass is 160 g/mol. The zero-order valence-corrected chi connectivity index (χ0v) is 7.04. The molecule has 66 valence electrons. The van der Waals surface area contributed by atoms with Gasteiger partial charge in [0.25, 0.3) is 0 Å². The molecule has 11 heavy (non-hydrogen) atoms. The first kappa shape index (κ1) is 10.4. The lowest BCUT2D eigenvalue weighted by molar-refractivity contribution is -0.118. The van der Waals surface area contributed by atoms with Crippen molar-refractivity contribution in [2.45, 2.75) is 19.4 Å². The van der Waals surface area contributed by atoms with Gasteiger partial charge in [0.1, 0.15) is 0 Å². The topological polar surface area (TPSA) is 78.3 Å². The quantitative estimate of drug-likeness (QED) is 0.567. The fraction of sp³-hybridized carbons (Fsp3) is 0.857. The van der Waals surface area contributed by atoms with Gasteiger partial charge < -0.3 is 16.2 Å². The molecule has 0 bridgehead atoms. The molecule has 0 aliphatic carbocycles. The Bertz CT molecular complexity index is 128. The number of nitrogens with two attached hydrogens (primary N) is 2. The van der Waals surface area contributed by atoms with E-state index in [1.807, 2.05) is 6.92 Å². The Balaban J connectivity index is 3.63. The van der Waals surface area contributed by atoms with Crippen molar-refractivity contribution in [3.05, 3.63) is 0 Å². The molecule has 0 saturated carbocycles. The molecule has 0 heterocycles. The summed E-state index contributed by atoms with van der Waals surface area (Å²) in [6.45, 7) is 2.49. The number of rotatable bonds is 5. The Morgan fingerprint density at radius 2 is 2.18 bits per heavy atom. The first-order valence-electron chi connectivity index (χ1n) is 3.60. The van der Waals surface area contributed by atoms with Gasteiger partial charge in [-0.15, -0.1) is 0 Å². The van der Waals surface area contributed by atoms with Gasteiger partial charge in [-0.05, 0) is 5.92 Å². The summed E-state index contributed by atoms with van der Waals surface area (Å²) in [6, 6.07) is -0.188. The second-order valence-electron chi connectivity index (χ2n) is 2.77. The lowest BCUT2D eigenvalue weighted by atomic mass is 10.0. The van der Waals surface area contributed by atoms with Crippen LogP contribution < -0.4 is 11.5 Å². The predicted octanol–water partition coefficient (Wildman–Crippen LogP) is -0.528. The van der Waals surface area contributed by atoms with Crippen LogP contribution in [0.1, 0.15) is 13.3 Å². The normalized spacial score (nSPS) is 15.9. The minimum atomic E-state index is -0.361. The predicted molar refractivity (Wildman–Crippen MR) is 42.8 cm³/mol. The summed E-state index contributed by atoms with van der Waals surface area (Å²) in [7, 11) is 1.60. The molecule has 0 aromatic rings. The van der Waals surface area contributed by atoms with Crippen LogP contribution in [0.25, 0.3) is 0 Å². The molecule has 2 unspecified atom stereocenters. The Hall–Kier alpha value is -0.610. The highest BCUT2D eigenvalue weighted by Crippen LogP contribution is 2.03. The van der Waals surface area contributed by atoms with Crippen LogP contribution in [0.5, 0.6) is 0 Å². The Kier molecular flexibility index (Phi) is 4.81. The molecule has 0 aromatic heterocycles. The van der Waals surface area contributed by atoms with E-state index in [9.17, 15) is 4.79 Å². The van der Waals surface area contributed by atoms with Crippen molar-refractivity contribution in [2.24, 2.45) is 17.4 Å². The van der Waals surface area contributed by atoms with Crippen LogP contribution in [-0.2, 0) is 9.53 Å². The largest absolute Gasteiger partial charge is 0.384 e. The van der Waals surface area contributed by atoms with Crippen molar-refractivity contribution in [3.8, 4) is 0 Å². The van der Waals surface area contributed by atoms with E-state index in [2.05, 4.69) is 0 Å². The van der Waals surface area contributed by atoms with E-state index in [0.29, 0.717) is 6.61 Å². The van der Waals surface area contributed by atoms with E-state index in [-0.39, 0.29) is 24.3 Å². The zero-order valence-electron chi connectivity index (χ0n) is 7.04. The molecule has 0 fully saturated rings. The third-order valence-corrected chi connectivity index (χ3v) is 1.60. The summed E-state index contributed by atoms with van der Waals surface area (Å²) in [5.41, 5.74) is 10.6. The SMILES string of the molecule is COCC(C)C(N)CC(N)=O. The van der Waals surface area contributed by atoms with E-state index >= 15 is 0 Å². The van der Waals surface area contributed by atoms with E-state index in [0.717, 1.165) is 0 Å². The van der Waals surface area contributed by atoms with Crippen LogP contribution in [0.3, 0.4) is 0 Å². The van der Waals surface area contributed by atoms with Crippen molar-refractivity contribution in [3.63, 3.8) is 0 Å². The highest BCUT2D eigenvalue weighted by atomic mass is 16.5. The summed E-state index contributed by atoms with van der Waals surface area (Å²) in [5.74, 6) is -0.187. The van der Waals surface area contributed by atoms with Crippen LogP contribution in [-0.4, -0.2) is 25.7 Å². The molecule has 4 nitrogen and oxygen atoms in total. The maximum Gasteiger partial charge on any atom is 0.218 e. The first-order chi connectivity index (χ1) is 5.07. The smallest absolute Gasteiger partial charge is 0.218 e. The fourth-order valence-corrected chi connectivity index (χ4v) is 0.820. The minimum Gasteiger partial charge on any atom is -0.384 e. The van der Waals surface area contributed by atoms with Crippen LogP contribution in [0.4, 0.5) is 0 Å². The van der Waals surface area contributed by atoms with Crippen LogP contribution in [0.15, 0.2) is 0 Å². The Morgan fingerprint density at radius 1 is 1.64 bits per heavy atom. The zero-order chi connectivity index (χ0) is 8.85. The number of amides is 1. The molecule has 2 atom stereocenters. The van der Waals surface area contributed by atoms with Gasteiger partial charge in [-0.25, -0.2) is 0 Å². The number of methoxy groups -OCH3 is 1. The van der Waals surface area contributed by atoms with E-state index in [1.54, 1.807) is 7.11 Å². The number of hydrogen-bond acceptors (Lipinski definition) is 3. The molecule has 4 heteroatoms. The molecule has 0 radical (unpaired) electrons. The fourth-order valence-electron chi connectivity index (χ4n) is 0.820. The van der Waals surface area contributed by atoms with Gasteiger partial charge in [-0.3, -0.25) is 4.79 Å². The average molecular weight is 160 g/mol. The number of carbonyl (C=O) groups excluding carboxylic acids is 1. The van der Waals surface area contributed by atoms with Crippen molar-refractivity contribution in [1.82, 2.24) is 0 Å². The summed E-state index contributed by atoms with van der Waals surface area (Å²) in [6.07, 6.45) is 0.227. The number of hydrogen-bond donors (Lipinski definition) is 2. The summed E-state index contributed by atoms with van der Waals surface area (Å²) in [5, 5.41) is 0. The highest BCUT2D eigenvalue weighted by molar-refractivity contribution is 5.74. The number of carbonyl (C=O) groups is 1. The third kappa shape index (κ3) is 4.75. The molecule has 0 aliphatic heterocycles.